The second-order valence-corrected chi connectivity index (χ2v) is 9.82. The van der Waals surface area contributed by atoms with E-state index in [0.29, 0.717) is 17.3 Å². The topological polar surface area (TPSA) is 128 Å². The first-order valence-electron chi connectivity index (χ1n) is 10.4. The zero-order chi connectivity index (χ0) is 27.4. The molecule has 0 saturated heterocycles. The Labute approximate surface area is 214 Å². The molecule has 9 nitrogen and oxygen atoms in total. The third-order valence-corrected chi connectivity index (χ3v) is 6.63. The predicted octanol–water partition coefficient (Wildman–Crippen LogP) is 5.98. The number of nitrogens with zero attached hydrogens (tertiary/aromatic N) is 1. The number of rotatable bonds is 8. The summed E-state index contributed by atoms with van der Waals surface area (Å²) in [5.41, 5.74) is -0.516. The van der Waals surface area contributed by atoms with Crippen molar-refractivity contribution in [3.05, 3.63) is 92.5 Å². The van der Waals surface area contributed by atoms with Crippen molar-refractivity contribution >= 4 is 44.8 Å². The van der Waals surface area contributed by atoms with Crippen molar-refractivity contribution in [1.82, 2.24) is 4.72 Å². The third kappa shape index (κ3) is 7.33. The molecule has 14 heteroatoms. The summed E-state index contributed by atoms with van der Waals surface area (Å²) < 4.78 is 70.2. The van der Waals surface area contributed by atoms with Crippen molar-refractivity contribution in [2.45, 2.75) is 24.4 Å². The van der Waals surface area contributed by atoms with E-state index in [2.05, 4.69) is 5.32 Å². The Morgan fingerprint density at radius 1 is 1.08 bits per heavy atom. The molecule has 0 aromatic heterocycles. The van der Waals surface area contributed by atoms with E-state index < -0.39 is 43.5 Å². The third-order valence-electron chi connectivity index (χ3n) is 4.99. The van der Waals surface area contributed by atoms with Crippen LogP contribution in [0, 0.1) is 17.0 Å². The number of ether oxygens (including phenoxy) is 1. The van der Waals surface area contributed by atoms with Crippen LogP contribution < -0.4 is 10.0 Å². The maximum atomic E-state index is 13.0. The minimum atomic E-state index is -4.86. The first-order chi connectivity index (χ1) is 17.3. The van der Waals surface area contributed by atoms with E-state index in [0.717, 1.165) is 11.6 Å². The number of amides is 1. The number of nitro groups is 1. The van der Waals surface area contributed by atoms with Crippen molar-refractivity contribution in [1.29, 1.82) is 0 Å². The number of nitro benzene ring substituents is 1. The molecule has 0 radical (unpaired) electrons. The van der Waals surface area contributed by atoms with Gasteiger partial charge in [-0.05, 0) is 42.8 Å². The molecule has 0 fully saturated rings. The maximum absolute atomic E-state index is 13.0. The van der Waals surface area contributed by atoms with Crippen molar-refractivity contribution in [2.24, 2.45) is 0 Å². The van der Waals surface area contributed by atoms with Crippen molar-refractivity contribution < 1.29 is 36.0 Å². The number of aryl methyl sites for hydroxylation is 1. The van der Waals surface area contributed by atoms with Gasteiger partial charge in [-0.1, -0.05) is 41.4 Å². The summed E-state index contributed by atoms with van der Waals surface area (Å²) in [4.78, 5) is 22.1. The highest BCUT2D eigenvalue weighted by Crippen LogP contribution is 2.41. The number of hydrogen-bond acceptors (Lipinski definition) is 7. The van der Waals surface area contributed by atoms with Crippen LogP contribution in [0.1, 0.15) is 16.7 Å². The standard InChI is InChI=1S/C23H19ClF3N3O6S/c1-14-2-8-17(9-3-14)37(34,35)29-22(31)36-11-10-15-4-6-16(7-5-15)28-20-13-19(24)18(23(25,26)27)12-21(20)30(32)33/h2-9,12-13,28H,10-11H2,1H3,(H,29,31). The van der Waals surface area contributed by atoms with Gasteiger partial charge in [0.1, 0.15) is 5.69 Å². The lowest BCUT2D eigenvalue weighted by molar-refractivity contribution is -0.384. The van der Waals surface area contributed by atoms with Gasteiger partial charge in [0.2, 0.25) is 0 Å². The molecule has 3 aromatic carbocycles. The second-order valence-electron chi connectivity index (χ2n) is 7.73. The molecule has 0 aliphatic rings. The molecule has 0 bridgehead atoms. The summed E-state index contributed by atoms with van der Waals surface area (Å²) in [5.74, 6) is 0. The monoisotopic (exact) mass is 557 g/mol. The van der Waals surface area contributed by atoms with Crippen LogP contribution in [0.5, 0.6) is 0 Å². The van der Waals surface area contributed by atoms with Gasteiger partial charge in [0.15, 0.2) is 0 Å². The number of anilines is 2. The van der Waals surface area contributed by atoms with Gasteiger partial charge in [-0.15, -0.1) is 0 Å². The first-order valence-corrected chi connectivity index (χ1v) is 12.3. The van der Waals surface area contributed by atoms with Crippen LogP contribution in [0.3, 0.4) is 0 Å². The normalized spacial score (nSPS) is 11.6. The Balaban J connectivity index is 1.59. The molecule has 0 atom stereocenters. The number of carbonyl (C=O) groups is 1. The quantitative estimate of drug-likeness (QED) is 0.258. The van der Waals surface area contributed by atoms with Gasteiger partial charge in [0, 0.05) is 18.2 Å². The number of alkyl halides is 3. The molecular formula is C23H19ClF3N3O6S. The summed E-state index contributed by atoms with van der Waals surface area (Å²) in [6.07, 6.45) is -5.79. The number of nitrogens with one attached hydrogen (secondary N) is 2. The largest absolute Gasteiger partial charge is 0.448 e. The molecular weight excluding hydrogens is 539 g/mol. The Hall–Kier alpha value is -3.84. The SMILES string of the molecule is Cc1ccc(S(=O)(=O)NC(=O)OCCc2ccc(Nc3cc(Cl)c(C(F)(F)F)cc3[N+](=O)[O-])cc2)cc1. The van der Waals surface area contributed by atoms with Crippen LogP contribution in [0.2, 0.25) is 5.02 Å². The minimum Gasteiger partial charge on any atom is -0.448 e. The average molecular weight is 558 g/mol. The molecule has 37 heavy (non-hydrogen) atoms. The van der Waals surface area contributed by atoms with Gasteiger partial charge in [-0.25, -0.2) is 17.9 Å². The molecule has 0 aliphatic carbocycles. The Morgan fingerprint density at radius 3 is 2.27 bits per heavy atom. The van der Waals surface area contributed by atoms with E-state index in [9.17, 15) is 36.5 Å². The molecule has 0 aliphatic heterocycles. The first kappa shape index (κ1) is 27.7. The summed E-state index contributed by atoms with van der Waals surface area (Å²) in [6, 6.07) is 13.3. The number of benzene rings is 3. The fourth-order valence-corrected chi connectivity index (χ4v) is 4.28. The fraction of sp³-hybridized carbons (Fsp3) is 0.174. The highest BCUT2D eigenvalue weighted by atomic mass is 35.5. The predicted molar refractivity (Wildman–Crippen MR) is 129 cm³/mol. The molecule has 0 saturated carbocycles. The number of hydrogen-bond donors (Lipinski definition) is 2. The van der Waals surface area contributed by atoms with E-state index in [4.69, 9.17) is 16.3 Å². The van der Waals surface area contributed by atoms with E-state index in [1.165, 1.54) is 24.3 Å². The molecule has 0 heterocycles. The lowest BCUT2D eigenvalue weighted by atomic mass is 10.1. The lowest BCUT2D eigenvalue weighted by Crippen LogP contribution is -2.31. The summed E-state index contributed by atoms with van der Waals surface area (Å²) in [6.45, 7) is 1.64. The average Bonchev–Trinajstić information content (AvgIpc) is 2.79. The van der Waals surface area contributed by atoms with E-state index in [1.807, 2.05) is 4.72 Å². The number of carbonyl (C=O) groups excluding carboxylic acids is 1. The molecule has 1 amide bonds. The van der Waals surface area contributed by atoms with Gasteiger partial charge in [-0.2, -0.15) is 13.2 Å². The fourth-order valence-electron chi connectivity index (χ4n) is 3.12. The lowest BCUT2D eigenvalue weighted by Gasteiger charge is -2.13. The van der Waals surface area contributed by atoms with Gasteiger partial charge in [-0.3, -0.25) is 10.1 Å². The van der Waals surface area contributed by atoms with Crippen LogP contribution in [-0.4, -0.2) is 26.0 Å². The highest BCUT2D eigenvalue weighted by molar-refractivity contribution is 7.90. The van der Waals surface area contributed by atoms with Crippen LogP contribution in [0.15, 0.2) is 65.6 Å². The Bertz CT molecular complexity index is 1410. The van der Waals surface area contributed by atoms with Crippen LogP contribution in [-0.2, 0) is 27.4 Å². The summed E-state index contributed by atoms with van der Waals surface area (Å²) in [5, 5.41) is 13.2. The minimum absolute atomic E-state index is 0.0901. The van der Waals surface area contributed by atoms with Crippen LogP contribution in [0.4, 0.5) is 35.0 Å². The number of sulfonamides is 1. The van der Waals surface area contributed by atoms with E-state index in [1.54, 1.807) is 31.2 Å². The molecule has 0 unspecified atom stereocenters. The van der Waals surface area contributed by atoms with Crippen LogP contribution >= 0.6 is 11.6 Å². The summed E-state index contributed by atoms with van der Waals surface area (Å²) >= 11 is 5.68. The summed E-state index contributed by atoms with van der Waals surface area (Å²) in [7, 11) is -4.08. The van der Waals surface area contributed by atoms with E-state index in [-0.39, 0.29) is 23.6 Å². The zero-order valence-corrected chi connectivity index (χ0v) is 20.6. The second kappa shape index (κ2) is 11.0. The smallest absolute Gasteiger partial charge is 0.421 e. The molecule has 0 spiro atoms. The molecule has 2 N–H and O–H groups in total. The molecule has 3 aromatic rings. The van der Waals surface area contributed by atoms with Gasteiger partial charge >= 0.3 is 12.3 Å². The maximum Gasteiger partial charge on any atom is 0.421 e. The van der Waals surface area contributed by atoms with Crippen molar-refractivity contribution in [3.63, 3.8) is 0 Å². The Morgan fingerprint density at radius 2 is 1.70 bits per heavy atom. The van der Waals surface area contributed by atoms with Crippen LogP contribution in [0.25, 0.3) is 0 Å². The van der Waals surface area contributed by atoms with E-state index >= 15 is 0 Å². The van der Waals surface area contributed by atoms with Crippen molar-refractivity contribution in [3.8, 4) is 0 Å². The van der Waals surface area contributed by atoms with Gasteiger partial charge in [0.05, 0.1) is 27.0 Å². The highest BCUT2D eigenvalue weighted by Gasteiger charge is 2.36. The van der Waals surface area contributed by atoms with Gasteiger partial charge in [0.25, 0.3) is 15.7 Å². The van der Waals surface area contributed by atoms with Gasteiger partial charge < -0.3 is 10.1 Å². The van der Waals surface area contributed by atoms with Crippen molar-refractivity contribution in [2.75, 3.05) is 11.9 Å². The molecule has 3 rings (SSSR count). The Kier molecular flexibility index (Phi) is 8.28. The number of halogens is 4. The zero-order valence-electron chi connectivity index (χ0n) is 19.0. The molecule has 196 valence electrons.